The van der Waals surface area contributed by atoms with Crippen LogP contribution in [-0.2, 0) is 23.4 Å². The molecular weight excluding hydrogens is 810 g/mol. The fourth-order valence-corrected chi connectivity index (χ4v) is 13.7. The quantitative estimate of drug-likeness (QED) is 0.118. The summed E-state index contributed by atoms with van der Waals surface area (Å²) in [6.07, 6.45) is 12.4. The fourth-order valence-electron chi connectivity index (χ4n) is 7.97. The molecule has 0 spiro atoms. The molecule has 0 aliphatic heterocycles. The van der Waals surface area contributed by atoms with Crippen molar-refractivity contribution in [1.82, 2.24) is 0 Å². The topological polar surface area (TPSA) is 0 Å². The molecule has 0 bridgehead atoms. The number of fused-ring (bicyclic) bond motifs is 3. The Labute approximate surface area is 315 Å². The van der Waals surface area contributed by atoms with E-state index in [2.05, 4.69) is 196 Å². The van der Waals surface area contributed by atoms with Gasteiger partial charge < -0.3 is 0 Å². The monoisotopic (exact) mass is 854 g/mol. The van der Waals surface area contributed by atoms with E-state index >= 15 is 0 Å². The van der Waals surface area contributed by atoms with Gasteiger partial charge in [0, 0.05) is 0 Å². The van der Waals surface area contributed by atoms with Crippen molar-refractivity contribution >= 4 is 29.3 Å². The molecule has 0 nitrogen and oxygen atoms in total. The Morgan fingerprint density at radius 3 is 1.78 bits per heavy atom. The van der Waals surface area contributed by atoms with Crippen LogP contribution in [0.15, 0.2) is 168 Å². The normalized spacial score (nSPS) is 16.7. The first-order chi connectivity index (χ1) is 24.9. The SMILES string of the molecule is CC=C1CCCC1=CC(C#Cc1ccc2c(c1)C(C)(C)c1cc(/C=C/C)ccc1-2)=C([C]#[Os])[P+](c1ccccc1)(c1ccccc1)c1ccccc1. The molecule has 2 aliphatic carbocycles. The molecule has 0 heterocycles. The Kier molecular flexibility index (Phi) is 10.2. The van der Waals surface area contributed by atoms with Crippen LogP contribution in [0.25, 0.3) is 17.2 Å². The molecule has 2 heteroatoms. The second-order valence-corrected chi connectivity index (χ2v) is 17.8. The van der Waals surface area contributed by atoms with Crippen LogP contribution in [0.2, 0.25) is 0 Å². The molecule has 0 saturated heterocycles. The second kappa shape index (κ2) is 15.0. The second-order valence-electron chi connectivity index (χ2n) is 13.8. The van der Waals surface area contributed by atoms with E-state index in [0.29, 0.717) is 0 Å². The maximum absolute atomic E-state index is 3.85. The van der Waals surface area contributed by atoms with E-state index in [1.807, 2.05) is 17.9 Å². The molecule has 0 amide bonds. The first-order valence-electron chi connectivity index (χ1n) is 17.9. The Balaban J connectivity index is 1.49. The zero-order valence-corrected chi connectivity index (χ0v) is 33.3. The van der Waals surface area contributed by atoms with Crippen LogP contribution in [0, 0.1) is 16.2 Å². The van der Waals surface area contributed by atoms with Crippen LogP contribution in [0.1, 0.15) is 69.2 Å². The zero-order chi connectivity index (χ0) is 35.4. The summed E-state index contributed by atoms with van der Waals surface area (Å²) in [5.41, 5.74) is 11.4. The van der Waals surface area contributed by atoms with Gasteiger partial charge in [0.1, 0.15) is 0 Å². The zero-order valence-electron chi connectivity index (χ0n) is 29.9. The molecule has 0 atom stereocenters. The Morgan fingerprint density at radius 1 is 0.686 bits per heavy atom. The van der Waals surface area contributed by atoms with Gasteiger partial charge >= 0.3 is 298 Å². The van der Waals surface area contributed by atoms with Gasteiger partial charge in [-0.1, -0.05) is 12.2 Å². The van der Waals surface area contributed by atoms with Crippen LogP contribution in [0.4, 0.5) is 0 Å². The van der Waals surface area contributed by atoms with E-state index in [1.165, 1.54) is 66.6 Å². The molecule has 0 aromatic heterocycles. The van der Waals surface area contributed by atoms with Crippen molar-refractivity contribution in [3.63, 3.8) is 0 Å². The van der Waals surface area contributed by atoms with E-state index in [9.17, 15) is 0 Å². The maximum atomic E-state index is 3.85. The van der Waals surface area contributed by atoms with E-state index < -0.39 is 7.26 Å². The predicted molar refractivity (Wildman–Crippen MR) is 217 cm³/mol. The van der Waals surface area contributed by atoms with E-state index in [1.54, 1.807) is 0 Å². The van der Waals surface area contributed by atoms with Gasteiger partial charge in [-0.25, -0.2) is 0 Å². The summed E-state index contributed by atoms with van der Waals surface area (Å²) in [7, 11) is -2.41. The molecule has 0 unspecified atom stereocenters. The van der Waals surface area contributed by atoms with Gasteiger partial charge in [-0.05, 0) is 6.92 Å². The van der Waals surface area contributed by atoms with Crippen molar-refractivity contribution in [2.75, 3.05) is 0 Å². The molecule has 2 aliphatic rings. The predicted octanol–water partition coefficient (Wildman–Crippen LogP) is 11.2. The molecule has 251 valence electrons. The third kappa shape index (κ3) is 6.44. The number of hydrogen-bond acceptors (Lipinski definition) is 0. The third-order valence-electron chi connectivity index (χ3n) is 10.5. The van der Waals surface area contributed by atoms with Gasteiger partial charge in [-0.15, -0.1) is 0 Å². The average molecular weight is 853 g/mol. The Bertz CT molecular complexity index is 2220. The summed E-state index contributed by atoms with van der Waals surface area (Å²) in [5, 5.41) is 5.11. The number of hydrogen-bond donors (Lipinski definition) is 0. The molecule has 1 saturated carbocycles. The van der Waals surface area contributed by atoms with Gasteiger partial charge in [-0.3, -0.25) is 0 Å². The van der Waals surface area contributed by atoms with Crippen LogP contribution in [0.3, 0.4) is 0 Å². The summed E-state index contributed by atoms with van der Waals surface area (Å²) in [6, 6.07) is 47.0. The van der Waals surface area contributed by atoms with Crippen molar-refractivity contribution in [2.24, 2.45) is 0 Å². The van der Waals surface area contributed by atoms with E-state index in [4.69, 9.17) is 0 Å². The minimum atomic E-state index is -2.41. The summed E-state index contributed by atoms with van der Waals surface area (Å²) >= 11 is 1.82. The van der Waals surface area contributed by atoms with Crippen LogP contribution < -0.4 is 15.9 Å². The van der Waals surface area contributed by atoms with E-state index in [0.717, 1.165) is 24.0 Å². The molecule has 51 heavy (non-hydrogen) atoms. The van der Waals surface area contributed by atoms with Crippen molar-refractivity contribution in [3.05, 3.63) is 190 Å². The summed E-state index contributed by atoms with van der Waals surface area (Å²) in [6.45, 7) is 8.95. The van der Waals surface area contributed by atoms with Crippen molar-refractivity contribution < 1.29 is 17.9 Å². The summed E-state index contributed by atoms with van der Waals surface area (Å²) < 4.78 is 3.85. The Hall–Kier alpha value is -4.53. The third-order valence-corrected chi connectivity index (χ3v) is 15.9. The van der Waals surface area contributed by atoms with Crippen molar-refractivity contribution in [2.45, 2.75) is 52.4 Å². The molecule has 1 fully saturated rings. The number of benzene rings is 5. The summed E-state index contributed by atoms with van der Waals surface area (Å²) in [4.78, 5) is 0. The van der Waals surface area contributed by atoms with Gasteiger partial charge in [0.2, 0.25) is 0 Å². The van der Waals surface area contributed by atoms with Gasteiger partial charge in [-0.2, -0.15) is 0 Å². The molecule has 0 N–H and O–H groups in total. The molecule has 5 aromatic carbocycles. The molecule has 7 rings (SSSR count). The number of rotatable bonds is 6. The van der Waals surface area contributed by atoms with Crippen LogP contribution in [-0.4, -0.2) is 0 Å². The molecule has 0 radical (unpaired) electrons. The van der Waals surface area contributed by atoms with Gasteiger partial charge in [0.25, 0.3) is 0 Å². The van der Waals surface area contributed by atoms with Crippen LogP contribution >= 0.6 is 7.26 Å². The fraction of sp³-hybridized carbons (Fsp3) is 0.163. The van der Waals surface area contributed by atoms with Gasteiger partial charge in [0.05, 0.1) is 0 Å². The summed E-state index contributed by atoms with van der Waals surface area (Å²) in [5.74, 6) is 7.54. The average Bonchev–Trinajstić information content (AvgIpc) is 3.72. The first kappa shape index (κ1) is 34.9. The Morgan fingerprint density at radius 2 is 1.24 bits per heavy atom. The minimum absolute atomic E-state index is 0.114. The first-order valence-corrected chi connectivity index (χ1v) is 20.9. The van der Waals surface area contributed by atoms with Crippen LogP contribution in [0.5, 0.6) is 0 Å². The standard InChI is InChI=1S/C49H43P.Os/c1-6-18-37-28-31-45-46-32-29-38(34-48(46)49(4,5)47(45)33-37)27-30-40(35-41-20-17-19-39(41)7-2)36(3)50(42-21-11-8-12-22-42,43-23-13-9-14-24-43)44-25-15-10-16-26-44;/h6-16,18,21-26,28-29,31-35H,17,19-20H2,1-2,4-5H3;/q+1;/b18-6+,39-7?,40-36?,41-35?;. The van der Waals surface area contributed by atoms with Gasteiger partial charge in [0.15, 0.2) is 0 Å². The molecule has 5 aromatic rings. The number of allylic oxidation sites excluding steroid dienone is 7. The van der Waals surface area contributed by atoms with Crippen molar-refractivity contribution in [1.29, 1.82) is 0 Å². The van der Waals surface area contributed by atoms with Crippen molar-refractivity contribution in [3.8, 4) is 27.3 Å². The van der Waals surface area contributed by atoms with E-state index in [-0.39, 0.29) is 5.41 Å². The molecular formula is C49H43OsP+.